The third-order valence-corrected chi connectivity index (χ3v) is 2.24. The van der Waals surface area contributed by atoms with Gasteiger partial charge in [-0.25, -0.2) is 4.98 Å². The van der Waals surface area contributed by atoms with E-state index in [0.29, 0.717) is 19.0 Å². The topological polar surface area (TPSA) is 49.8 Å². The van der Waals surface area contributed by atoms with Crippen molar-refractivity contribution in [2.45, 2.75) is 33.4 Å². The van der Waals surface area contributed by atoms with E-state index in [1.54, 1.807) is 0 Å². The molecule has 0 aliphatic heterocycles. The van der Waals surface area contributed by atoms with E-state index in [4.69, 9.17) is 0 Å². The summed E-state index contributed by atoms with van der Waals surface area (Å²) >= 11 is 0. The van der Waals surface area contributed by atoms with Gasteiger partial charge in [0.05, 0.1) is 0 Å². The summed E-state index contributed by atoms with van der Waals surface area (Å²) in [5.41, 5.74) is -0.938. The molecule has 19 heavy (non-hydrogen) atoms. The fourth-order valence-corrected chi connectivity index (χ4v) is 1.31. The second-order valence-corrected chi connectivity index (χ2v) is 4.66. The molecule has 0 spiro atoms. The van der Waals surface area contributed by atoms with Gasteiger partial charge < -0.3 is 10.6 Å². The number of hydrogen-bond acceptors (Lipinski definition) is 4. The van der Waals surface area contributed by atoms with E-state index in [-0.39, 0.29) is 11.8 Å². The van der Waals surface area contributed by atoms with Gasteiger partial charge >= 0.3 is 6.18 Å². The zero-order valence-electron chi connectivity index (χ0n) is 11.3. The molecule has 1 rings (SSSR count). The zero-order chi connectivity index (χ0) is 14.5. The van der Waals surface area contributed by atoms with Gasteiger partial charge in [0.2, 0.25) is 5.95 Å². The third kappa shape index (κ3) is 5.32. The van der Waals surface area contributed by atoms with E-state index in [2.05, 4.69) is 20.6 Å². The number of rotatable bonds is 6. The van der Waals surface area contributed by atoms with Crippen LogP contribution in [0.5, 0.6) is 0 Å². The number of hydrogen-bond donors (Lipinski definition) is 2. The van der Waals surface area contributed by atoms with Gasteiger partial charge in [-0.15, -0.1) is 0 Å². The number of nitrogens with zero attached hydrogens (tertiary/aromatic N) is 2. The molecular formula is C12H19F3N4. The highest BCUT2D eigenvalue weighted by atomic mass is 19.4. The van der Waals surface area contributed by atoms with Gasteiger partial charge in [-0.1, -0.05) is 20.8 Å². The van der Waals surface area contributed by atoms with E-state index in [0.717, 1.165) is 12.5 Å². The van der Waals surface area contributed by atoms with Crippen molar-refractivity contribution >= 4 is 11.8 Å². The number of halogens is 3. The van der Waals surface area contributed by atoms with Crippen molar-refractivity contribution in [3.05, 3.63) is 11.8 Å². The maximum absolute atomic E-state index is 12.7. The molecule has 0 unspecified atom stereocenters. The highest BCUT2D eigenvalue weighted by Crippen LogP contribution is 2.29. The molecule has 108 valence electrons. The van der Waals surface area contributed by atoms with E-state index in [1.165, 1.54) is 0 Å². The molecular weight excluding hydrogens is 257 g/mol. The Hall–Kier alpha value is -1.53. The molecule has 4 nitrogen and oxygen atoms in total. The molecule has 1 aromatic rings. The van der Waals surface area contributed by atoms with Gasteiger partial charge in [0, 0.05) is 19.2 Å². The molecule has 7 heteroatoms. The minimum Gasteiger partial charge on any atom is -0.370 e. The maximum atomic E-state index is 12.7. The van der Waals surface area contributed by atoms with Crippen LogP contribution in [0.25, 0.3) is 0 Å². The predicted octanol–water partition coefficient (Wildman–Crippen LogP) is 3.39. The van der Waals surface area contributed by atoms with Crippen LogP contribution in [-0.4, -0.2) is 23.1 Å². The smallest absolute Gasteiger partial charge is 0.370 e. The van der Waals surface area contributed by atoms with Gasteiger partial charge in [0.1, 0.15) is 5.82 Å². The first-order valence-electron chi connectivity index (χ1n) is 6.27. The van der Waals surface area contributed by atoms with Crippen LogP contribution < -0.4 is 10.6 Å². The van der Waals surface area contributed by atoms with Crippen molar-refractivity contribution in [3.63, 3.8) is 0 Å². The molecule has 0 aliphatic carbocycles. The summed E-state index contributed by atoms with van der Waals surface area (Å²) in [5, 5.41) is 5.65. The van der Waals surface area contributed by atoms with Gasteiger partial charge in [-0.3, -0.25) is 0 Å². The van der Waals surface area contributed by atoms with Crippen LogP contribution in [0, 0.1) is 5.92 Å². The van der Waals surface area contributed by atoms with Gasteiger partial charge in [0.15, 0.2) is 5.69 Å². The number of anilines is 2. The van der Waals surface area contributed by atoms with Crippen LogP contribution in [-0.2, 0) is 6.18 Å². The fourth-order valence-electron chi connectivity index (χ4n) is 1.31. The molecule has 0 bridgehead atoms. The van der Waals surface area contributed by atoms with Gasteiger partial charge in [-0.2, -0.15) is 18.2 Å². The van der Waals surface area contributed by atoms with Crippen LogP contribution >= 0.6 is 0 Å². The third-order valence-electron chi connectivity index (χ3n) is 2.24. The quantitative estimate of drug-likeness (QED) is 0.836. The molecule has 0 aliphatic rings. The highest BCUT2D eigenvalue weighted by molar-refractivity contribution is 5.43. The average Bonchev–Trinajstić information content (AvgIpc) is 2.32. The summed E-state index contributed by atoms with van der Waals surface area (Å²) in [4.78, 5) is 7.51. The Morgan fingerprint density at radius 3 is 2.42 bits per heavy atom. The summed E-state index contributed by atoms with van der Waals surface area (Å²) in [6.45, 7) is 6.94. The molecule has 1 heterocycles. The van der Waals surface area contributed by atoms with Crippen LogP contribution in [0.2, 0.25) is 0 Å². The molecule has 0 atom stereocenters. The van der Waals surface area contributed by atoms with Crippen LogP contribution in [0.3, 0.4) is 0 Å². The molecule has 0 radical (unpaired) electrons. The lowest BCUT2D eigenvalue weighted by atomic mass is 10.2. The van der Waals surface area contributed by atoms with Gasteiger partial charge in [0.25, 0.3) is 0 Å². The predicted molar refractivity (Wildman–Crippen MR) is 69.1 cm³/mol. The standard InChI is InChI=1S/C12H19F3N4/c1-4-5-16-11-18-9(12(13,14)15)6-10(19-11)17-7-8(2)3/h6,8H,4-5,7H2,1-3H3,(H2,16,17,18,19). The zero-order valence-corrected chi connectivity index (χ0v) is 11.3. The Labute approximate surface area is 110 Å². The van der Waals surface area contributed by atoms with Crippen molar-refractivity contribution in [1.29, 1.82) is 0 Å². The monoisotopic (exact) mass is 276 g/mol. The Morgan fingerprint density at radius 2 is 1.89 bits per heavy atom. The van der Waals surface area contributed by atoms with Crippen molar-refractivity contribution in [2.75, 3.05) is 23.7 Å². The molecule has 0 aromatic carbocycles. The van der Waals surface area contributed by atoms with E-state index >= 15 is 0 Å². The fraction of sp³-hybridized carbons (Fsp3) is 0.667. The molecule has 0 amide bonds. The van der Waals surface area contributed by atoms with Crippen LogP contribution in [0.15, 0.2) is 6.07 Å². The summed E-state index contributed by atoms with van der Waals surface area (Å²) in [6, 6.07) is 0.930. The Bertz CT molecular complexity index is 404. The van der Waals surface area contributed by atoms with Crippen LogP contribution in [0.4, 0.5) is 24.9 Å². The van der Waals surface area contributed by atoms with Gasteiger partial charge in [-0.05, 0) is 12.3 Å². The summed E-state index contributed by atoms with van der Waals surface area (Å²) in [5.74, 6) is 0.508. The Morgan fingerprint density at radius 1 is 1.21 bits per heavy atom. The lowest BCUT2D eigenvalue weighted by Gasteiger charge is -2.13. The maximum Gasteiger partial charge on any atom is 0.433 e. The molecule has 2 N–H and O–H groups in total. The summed E-state index contributed by atoms with van der Waals surface area (Å²) in [6.07, 6.45) is -3.69. The van der Waals surface area contributed by atoms with Crippen LogP contribution in [0.1, 0.15) is 32.9 Å². The van der Waals surface area contributed by atoms with Crippen molar-refractivity contribution in [1.82, 2.24) is 9.97 Å². The van der Waals surface area contributed by atoms with E-state index in [9.17, 15) is 13.2 Å². The second-order valence-electron chi connectivity index (χ2n) is 4.66. The van der Waals surface area contributed by atoms with Crippen molar-refractivity contribution in [2.24, 2.45) is 5.92 Å². The molecule has 0 saturated heterocycles. The Balaban J connectivity index is 2.95. The first-order chi connectivity index (χ1) is 8.82. The van der Waals surface area contributed by atoms with Crippen molar-refractivity contribution in [3.8, 4) is 0 Å². The summed E-state index contributed by atoms with van der Waals surface area (Å²) < 4.78 is 38.2. The second kappa shape index (κ2) is 6.58. The minimum absolute atomic E-state index is 0.00271. The number of alkyl halides is 3. The first-order valence-corrected chi connectivity index (χ1v) is 6.27. The SMILES string of the molecule is CCCNc1nc(NCC(C)C)cc(C(F)(F)F)n1. The lowest BCUT2D eigenvalue weighted by molar-refractivity contribution is -0.141. The molecule has 1 aromatic heterocycles. The Kier molecular flexibility index (Phi) is 5.38. The highest BCUT2D eigenvalue weighted by Gasteiger charge is 2.33. The van der Waals surface area contributed by atoms with E-state index in [1.807, 2.05) is 20.8 Å². The number of nitrogens with one attached hydrogen (secondary N) is 2. The van der Waals surface area contributed by atoms with Crippen molar-refractivity contribution < 1.29 is 13.2 Å². The first kappa shape index (κ1) is 15.5. The number of aromatic nitrogens is 2. The minimum atomic E-state index is -4.47. The largest absolute Gasteiger partial charge is 0.433 e. The molecule has 0 saturated carbocycles. The van der Waals surface area contributed by atoms with E-state index < -0.39 is 11.9 Å². The lowest BCUT2D eigenvalue weighted by Crippen LogP contribution is -2.16. The normalized spacial score (nSPS) is 11.7. The average molecular weight is 276 g/mol. The molecule has 0 fully saturated rings. The summed E-state index contributed by atoms with van der Waals surface area (Å²) in [7, 11) is 0.